The Kier molecular flexibility index (Phi) is 5.31. The minimum absolute atomic E-state index is 0.00468. The van der Waals surface area contributed by atoms with Crippen LogP contribution in [0.3, 0.4) is 0 Å². The van der Waals surface area contributed by atoms with Crippen LogP contribution >= 0.6 is 0 Å². The van der Waals surface area contributed by atoms with Crippen LogP contribution in [0.2, 0.25) is 0 Å². The third-order valence-corrected chi connectivity index (χ3v) is 3.52. The summed E-state index contributed by atoms with van der Waals surface area (Å²) in [5.41, 5.74) is 6.30. The van der Waals surface area contributed by atoms with Gasteiger partial charge in [-0.15, -0.1) is 0 Å². The molecule has 0 aliphatic carbocycles. The Labute approximate surface area is 113 Å². The average molecular weight is 285 g/mol. The highest BCUT2D eigenvalue weighted by molar-refractivity contribution is 7.92. The fraction of sp³-hybridized carbons (Fsp3) is 0.417. The Morgan fingerprint density at radius 3 is 2.42 bits per heavy atom. The van der Waals surface area contributed by atoms with Crippen molar-refractivity contribution < 1.29 is 13.2 Å². The lowest BCUT2D eigenvalue weighted by atomic mass is 10.2. The van der Waals surface area contributed by atoms with Gasteiger partial charge in [0.2, 0.25) is 10.0 Å². The minimum atomic E-state index is -3.42. The van der Waals surface area contributed by atoms with Gasteiger partial charge < -0.3 is 10.5 Å². The van der Waals surface area contributed by atoms with Crippen molar-refractivity contribution in [1.82, 2.24) is 0 Å². The summed E-state index contributed by atoms with van der Waals surface area (Å²) < 4.78 is 31.1. The van der Waals surface area contributed by atoms with E-state index in [1.54, 1.807) is 24.3 Å². The number of benzene rings is 1. The molecule has 0 radical (unpaired) electrons. The third-order valence-electron chi connectivity index (χ3n) is 2.27. The quantitative estimate of drug-likeness (QED) is 0.516. The van der Waals surface area contributed by atoms with Gasteiger partial charge in [0.1, 0.15) is 5.84 Å². The van der Waals surface area contributed by atoms with Gasteiger partial charge in [-0.3, -0.25) is 10.1 Å². The van der Waals surface area contributed by atoms with Crippen molar-refractivity contribution in [2.45, 2.75) is 20.0 Å². The van der Waals surface area contributed by atoms with Gasteiger partial charge in [0.05, 0.1) is 18.5 Å². The van der Waals surface area contributed by atoms with Crippen molar-refractivity contribution in [3.8, 4) is 0 Å². The molecule has 0 aromatic heterocycles. The van der Waals surface area contributed by atoms with E-state index in [4.69, 9.17) is 15.9 Å². The van der Waals surface area contributed by atoms with Gasteiger partial charge in [-0.05, 0) is 38.1 Å². The first-order valence-electron chi connectivity index (χ1n) is 5.87. The average Bonchev–Trinajstić information content (AvgIpc) is 2.28. The standard InChI is InChI=1S/C12H19N3O3S/c1-9(2)18-7-8-19(16,17)15-11-5-3-10(4-6-11)12(13)14/h3-6,9,15H,7-8H2,1-2H3,(H3,13,14). The fourth-order valence-electron chi connectivity index (χ4n) is 1.34. The van der Waals surface area contributed by atoms with Gasteiger partial charge in [0.15, 0.2) is 0 Å². The molecule has 106 valence electrons. The Balaban J connectivity index is 2.60. The number of hydrogen-bond donors (Lipinski definition) is 3. The summed E-state index contributed by atoms with van der Waals surface area (Å²) in [6.07, 6.45) is 0.00468. The summed E-state index contributed by atoms with van der Waals surface area (Å²) in [5, 5.41) is 7.24. The van der Waals surface area contributed by atoms with Crippen LogP contribution in [0.25, 0.3) is 0 Å². The maximum atomic E-state index is 11.7. The van der Waals surface area contributed by atoms with E-state index in [1.165, 1.54) is 0 Å². The number of amidine groups is 1. The van der Waals surface area contributed by atoms with Crippen molar-refractivity contribution in [1.29, 1.82) is 5.41 Å². The highest BCUT2D eigenvalue weighted by atomic mass is 32.2. The van der Waals surface area contributed by atoms with Crippen molar-refractivity contribution in [2.75, 3.05) is 17.1 Å². The second kappa shape index (κ2) is 6.53. The lowest BCUT2D eigenvalue weighted by Crippen LogP contribution is -2.21. The Morgan fingerprint density at radius 1 is 1.37 bits per heavy atom. The van der Waals surface area contributed by atoms with Gasteiger partial charge >= 0.3 is 0 Å². The molecule has 7 heteroatoms. The topological polar surface area (TPSA) is 105 Å². The van der Waals surface area contributed by atoms with Crippen LogP contribution < -0.4 is 10.5 Å². The number of rotatable bonds is 7. The molecule has 19 heavy (non-hydrogen) atoms. The third kappa shape index (κ3) is 5.71. The molecule has 1 aromatic rings. The molecule has 1 aromatic carbocycles. The van der Waals surface area contributed by atoms with Crippen molar-refractivity contribution in [3.05, 3.63) is 29.8 Å². The molecule has 0 atom stereocenters. The molecule has 0 bridgehead atoms. The van der Waals surface area contributed by atoms with E-state index in [2.05, 4.69) is 4.72 Å². The second-order valence-electron chi connectivity index (χ2n) is 4.33. The zero-order valence-electron chi connectivity index (χ0n) is 11.0. The molecule has 1 rings (SSSR count). The van der Waals surface area contributed by atoms with Gasteiger partial charge in [0.25, 0.3) is 0 Å². The first kappa shape index (κ1) is 15.5. The molecule has 0 aliphatic rings. The highest BCUT2D eigenvalue weighted by Gasteiger charge is 2.11. The van der Waals surface area contributed by atoms with Crippen molar-refractivity contribution >= 4 is 21.5 Å². The monoisotopic (exact) mass is 285 g/mol. The SMILES string of the molecule is CC(C)OCCS(=O)(=O)Nc1ccc(C(=N)N)cc1. The molecule has 0 heterocycles. The summed E-state index contributed by atoms with van der Waals surface area (Å²) in [6, 6.07) is 6.31. The summed E-state index contributed by atoms with van der Waals surface area (Å²) in [4.78, 5) is 0. The maximum Gasteiger partial charge on any atom is 0.234 e. The van der Waals surface area contributed by atoms with Crippen LogP contribution in [0, 0.1) is 5.41 Å². The fourth-order valence-corrected chi connectivity index (χ4v) is 2.25. The van der Waals surface area contributed by atoms with Crippen molar-refractivity contribution in [3.63, 3.8) is 0 Å². The normalized spacial score (nSPS) is 11.5. The Morgan fingerprint density at radius 2 is 1.95 bits per heavy atom. The van der Waals surface area contributed by atoms with Gasteiger partial charge in [0, 0.05) is 11.3 Å². The van der Waals surface area contributed by atoms with E-state index in [-0.39, 0.29) is 24.3 Å². The van der Waals surface area contributed by atoms with E-state index < -0.39 is 10.0 Å². The van der Waals surface area contributed by atoms with Gasteiger partial charge in [-0.1, -0.05) is 0 Å². The van der Waals surface area contributed by atoms with E-state index in [0.717, 1.165) is 0 Å². The van der Waals surface area contributed by atoms with Gasteiger partial charge in [-0.2, -0.15) is 0 Å². The minimum Gasteiger partial charge on any atom is -0.384 e. The molecule has 0 fully saturated rings. The first-order valence-corrected chi connectivity index (χ1v) is 7.52. The Bertz CT molecular complexity index is 524. The zero-order chi connectivity index (χ0) is 14.5. The highest BCUT2D eigenvalue weighted by Crippen LogP contribution is 2.11. The van der Waals surface area contributed by atoms with Crippen LogP contribution in [-0.2, 0) is 14.8 Å². The second-order valence-corrected chi connectivity index (χ2v) is 6.17. The van der Waals surface area contributed by atoms with E-state index in [0.29, 0.717) is 11.3 Å². The summed E-state index contributed by atoms with van der Waals surface area (Å²) in [7, 11) is -3.42. The van der Waals surface area contributed by atoms with Crippen LogP contribution in [0.15, 0.2) is 24.3 Å². The number of nitrogen functional groups attached to an aromatic ring is 1. The molecular formula is C12H19N3O3S. The number of nitrogens with two attached hydrogens (primary N) is 1. The maximum absolute atomic E-state index is 11.7. The summed E-state index contributed by atoms with van der Waals surface area (Å²) in [5.74, 6) is -0.153. The smallest absolute Gasteiger partial charge is 0.234 e. The molecule has 0 saturated carbocycles. The predicted octanol–water partition coefficient (Wildman–Crippen LogP) is 1.14. The molecule has 0 saturated heterocycles. The van der Waals surface area contributed by atoms with E-state index in [1.807, 2.05) is 13.8 Å². The molecule has 6 nitrogen and oxygen atoms in total. The molecular weight excluding hydrogens is 266 g/mol. The molecule has 0 amide bonds. The molecule has 0 unspecified atom stereocenters. The zero-order valence-corrected chi connectivity index (χ0v) is 11.8. The number of anilines is 1. The van der Waals surface area contributed by atoms with Crippen LogP contribution in [-0.4, -0.2) is 32.7 Å². The van der Waals surface area contributed by atoms with Crippen LogP contribution in [0.4, 0.5) is 5.69 Å². The Hall–Kier alpha value is -1.60. The summed E-state index contributed by atoms with van der Waals surface area (Å²) in [6.45, 7) is 3.85. The molecule has 4 N–H and O–H groups in total. The predicted molar refractivity (Wildman–Crippen MR) is 76.0 cm³/mol. The molecule has 0 spiro atoms. The lowest BCUT2D eigenvalue weighted by Gasteiger charge is -2.10. The van der Waals surface area contributed by atoms with Gasteiger partial charge in [-0.25, -0.2) is 8.42 Å². The van der Waals surface area contributed by atoms with Crippen molar-refractivity contribution in [2.24, 2.45) is 5.73 Å². The summed E-state index contributed by atoms with van der Waals surface area (Å²) >= 11 is 0. The van der Waals surface area contributed by atoms with Crippen LogP contribution in [0.1, 0.15) is 19.4 Å². The number of sulfonamides is 1. The lowest BCUT2D eigenvalue weighted by molar-refractivity contribution is 0.0913. The largest absolute Gasteiger partial charge is 0.384 e. The molecule has 0 aliphatic heterocycles. The van der Waals surface area contributed by atoms with E-state index in [9.17, 15) is 8.42 Å². The number of ether oxygens (including phenoxy) is 1. The first-order chi connectivity index (χ1) is 8.80. The van der Waals surface area contributed by atoms with Crippen LogP contribution in [0.5, 0.6) is 0 Å². The number of hydrogen-bond acceptors (Lipinski definition) is 4. The van der Waals surface area contributed by atoms with E-state index >= 15 is 0 Å². The number of nitrogens with one attached hydrogen (secondary N) is 2.